The molecule has 0 saturated carbocycles. The van der Waals surface area contributed by atoms with Gasteiger partial charge >= 0.3 is 5.97 Å². The number of nitro benzene ring substituents is 1. The second kappa shape index (κ2) is 11.9. The van der Waals surface area contributed by atoms with Crippen LogP contribution in [0.5, 0.6) is 0 Å². The fourth-order valence-corrected chi connectivity index (χ4v) is 3.39. The quantitative estimate of drug-likeness (QED) is 0.273. The molecular weight excluding hydrogens is 444 g/mol. The zero-order valence-corrected chi connectivity index (χ0v) is 18.7. The number of ether oxygens (including phenoxy) is 2. The van der Waals surface area contributed by atoms with Crippen molar-refractivity contribution in [1.29, 1.82) is 0 Å². The lowest BCUT2D eigenvalue weighted by Gasteiger charge is -2.13. The Bertz CT molecular complexity index is 1050. The van der Waals surface area contributed by atoms with Crippen LogP contribution in [0.2, 0.25) is 0 Å². The molecule has 3 rings (SSSR count). The maximum Gasteiger partial charge on any atom is 0.338 e. The first-order valence-electron chi connectivity index (χ1n) is 10.9. The van der Waals surface area contributed by atoms with Gasteiger partial charge in [0.15, 0.2) is 0 Å². The van der Waals surface area contributed by atoms with Crippen LogP contribution in [-0.4, -0.2) is 55.1 Å². The van der Waals surface area contributed by atoms with E-state index in [-0.39, 0.29) is 36.2 Å². The Hall–Kier alpha value is -3.83. The molecule has 1 heterocycles. The molecule has 0 bridgehead atoms. The molecule has 0 aromatic heterocycles. The van der Waals surface area contributed by atoms with Gasteiger partial charge in [-0.25, -0.2) is 4.79 Å². The molecule has 2 aromatic rings. The van der Waals surface area contributed by atoms with Gasteiger partial charge in [-0.15, -0.1) is 0 Å². The summed E-state index contributed by atoms with van der Waals surface area (Å²) in [6.45, 7) is 3.17. The van der Waals surface area contributed by atoms with E-state index in [2.05, 4.69) is 16.0 Å². The van der Waals surface area contributed by atoms with Gasteiger partial charge in [0, 0.05) is 31.0 Å². The van der Waals surface area contributed by atoms with Gasteiger partial charge in [0.25, 0.3) is 11.6 Å². The minimum Gasteiger partial charge on any atom is -0.462 e. The van der Waals surface area contributed by atoms with Crippen LogP contribution in [0.1, 0.15) is 40.5 Å². The average molecular weight is 470 g/mol. The Morgan fingerprint density at radius 2 is 1.91 bits per heavy atom. The molecule has 11 nitrogen and oxygen atoms in total. The molecule has 34 heavy (non-hydrogen) atoms. The Kier molecular flexibility index (Phi) is 8.66. The van der Waals surface area contributed by atoms with Crippen molar-refractivity contribution in [2.75, 3.05) is 36.9 Å². The summed E-state index contributed by atoms with van der Waals surface area (Å²) in [6, 6.07) is 9.61. The van der Waals surface area contributed by atoms with E-state index in [1.54, 1.807) is 6.92 Å². The van der Waals surface area contributed by atoms with E-state index in [9.17, 15) is 24.5 Å². The second-order valence-corrected chi connectivity index (χ2v) is 7.55. The van der Waals surface area contributed by atoms with Crippen LogP contribution >= 0.6 is 0 Å². The van der Waals surface area contributed by atoms with Gasteiger partial charge in [-0.1, -0.05) is 0 Å². The lowest BCUT2D eigenvalue weighted by molar-refractivity contribution is -0.384. The molecule has 11 heteroatoms. The number of carbonyl (C=O) groups excluding carboxylic acids is 3. The Balaban J connectivity index is 1.68. The van der Waals surface area contributed by atoms with Crippen molar-refractivity contribution in [3.63, 3.8) is 0 Å². The minimum atomic E-state index is -0.657. The highest BCUT2D eigenvalue weighted by Gasteiger charge is 2.20. The van der Waals surface area contributed by atoms with Crippen molar-refractivity contribution in [3.8, 4) is 0 Å². The lowest BCUT2D eigenvalue weighted by atomic mass is 10.1. The van der Waals surface area contributed by atoms with E-state index >= 15 is 0 Å². The first-order chi connectivity index (χ1) is 16.4. The summed E-state index contributed by atoms with van der Waals surface area (Å²) in [6.07, 6.45) is 2.00. The predicted molar refractivity (Wildman–Crippen MR) is 124 cm³/mol. The smallest absolute Gasteiger partial charge is 0.338 e. The predicted octanol–water partition coefficient (Wildman–Crippen LogP) is 2.73. The number of anilines is 2. The molecule has 2 amide bonds. The molecule has 0 spiro atoms. The van der Waals surface area contributed by atoms with Crippen LogP contribution in [0.15, 0.2) is 42.5 Å². The summed E-state index contributed by atoms with van der Waals surface area (Å²) in [7, 11) is 0. The van der Waals surface area contributed by atoms with Crippen molar-refractivity contribution >= 4 is 34.8 Å². The fourth-order valence-electron chi connectivity index (χ4n) is 3.39. The Labute approximate surface area is 196 Å². The van der Waals surface area contributed by atoms with Crippen LogP contribution < -0.4 is 16.0 Å². The summed E-state index contributed by atoms with van der Waals surface area (Å²) in [4.78, 5) is 47.6. The molecule has 0 aliphatic carbocycles. The third kappa shape index (κ3) is 6.83. The van der Waals surface area contributed by atoms with Gasteiger partial charge in [-0.05, 0) is 50.1 Å². The van der Waals surface area contributed by atoms with Crippen LogP contribution in [0.4, 0.5) is 17.1 Å². The lowest BCUT2D eigenvalue weighted by Crippen LogP contribution is -2.34. The number of nitro groups is 1. The fraction of sp³-hybridized carbons (Fsp3) is 0.348. The third-order valence-electron chi connectivity index (χ3n) is 5.07. The Morgan fingerprint density at radius 1 is 1.15 bits per heavy atom. The van der Waals surface area contributed by atoms with E-state index in [1.807, 2.05) is 0 Å². The highest BCUT2D eigenvalue weighted by atomic mass is 16.6. The standard InChI is InChI=1S/C23H26N4O7/c1-2-33-23(30)15-5-7-16(8-6-15)25-22(29)19-12-17(27(31)32)9-10-20(19)26-21(28)14-24-13-18-4-3-11-34-18/h5-10,12,18,24H,2-4,11,13-14H2,1H3,(H,25,29)(H,26,28). The number of nitrogens with zero attached hydrogens (tertiary/aromatic N) is 1. The van der Waals surface area contributed by atoms with Crippen LogP contribution in [0, 0.1) is 10.1 Å². The van der Waals surface area contributed by atoms with Crippen LogP contribution in [-0.2, 0) is 14.3 Å². The summed E-state index contributed by atoms with van der Waals surface area (Å²) in [5.41, 5.74) is 0.447. The van der Waals surface area contributed by atoms with Crippen LogP contribution in [0.3, 0.4) is 0 Å². The van der Waals surface area contributed by atoms with Crippen molar-refractivity contribution in [3.05, 3.63) is 63.7 Å². The van der Waals surface area contributed by atoms with Gasteiger partial charge in [-0.3, -0.25) is 19.7 Å². The maximum absolute atomic E-state index is 12.9. The molecule has 1 fully saturated rings. The van der Waals surface area contributed by atoms with Gasteiger partial charge in [0.1, 0.15) is 0 Å². The van der Waals surface area contributed by atoms with Gasteiger partial charge in [0.2, 0.25) is 5.91 Å². The number of benzene rings is 2. The third-order valence-corrected chi connectivity index (χ3v) is 5.07. The number of carbonyl (C=O) groups is 3. The van der Waals surface area contributed by atoms with E-state index in [0.717, 1.165) is 18.9 Å². The monoisotopic (exact) mass is 470 g/mol. The number of hydrogen-bond donors (Lipinski definition) is 3. The zero-order chi connectivity index (χ0) is 24.5. The number of rotatable bonds is 10. The largest absolute Gasteiger partial charge is 0.462 e. The number of non-ortho nitro benzene ring substituents is 1. The first kappa shape index (κ1) is 24.8. The normalized spacial score (nSPS) is 14.9. The molecule has 0 radical (unpaired) electrons. The van der Waals surface area contributed by atoms with Gasteiger partial charge in [0.05, 0.1) is 41.0 Å². The van der Waals surface area contributed by atoms with Crippen LogP contribution in [0.25, 0.3) is 0 Å². The summed E-state index contributed by atoms with van der Waals surface area (Å²) in [5.74, 6) is -1.55. The highest BCUT2D eigenvalue weighted by molar-refractivity contribution is 6.10. The first-order valence-corrected chi connectivity index (χ1v) is 10.9. The average Bonchev–Trinajstić information content (AvgIpc) is 3.33. The van der Waals surface area contributed by atoms with E-state index in [0.29, 0.717) is 24.4 Å². The molecule has 1 aliphatic rings. The van der Waals surface area contributed by atoms with Gasteiger partial charge in [-0.2, -0.15) is 0 Å². The molecule has 1 unspecified atom stereocenters. The number of hydrogen-bond acceptors (Lipinski definition) is 8. The highest BCUT2D eigenvalue weighted by Crippen LogP contribution is 2.24. The molecule has 1 aliphatic heterocycles. The van der Waals surface area contributed by atoms with Crippen molar-refractivity contribution in [2.45, 2.75) is 25.9 Å². The van der Waals surface area contributed by atoms with Crippen molar-refractivity contribution in [1.82, 2.24) is 5.32 Å². The molecule has 3 N–H and O–H groups in total. The number of amides is 2. The van der Waals surface area contributed by atoms with Crippen molar-refractivity contribution < 1.29 is 28.8 Å². The number of nitrogens with one attached hydrogen (secondary N) is 3. The second-order valence-electron chi connectivity index (χ2n) is 7.55. The topological polar surface area (TPSA) is 149 Å². The maximum atomic E-state index is 12.9. The number of esters is 1. The summed E-state index contributed by atoms with van der Waals surface area (Å²) >= 11 is 0. The molecule has 2 aromatic carbocycles. The van der Waals surface area contributed by atoms with E-state index < -0.39 is 22.7 Å². The molecular formula is C23H26N4O7. The molecule has 180 valence electrons. The van der Waals surface area contributed by atoms with E-state index in [4.69, 9.17) is 9.47 Å². The molecule has 1 atom stereocenters. The summed E-state index contributed by atoms with van der Waals surface area (Å²) < 4.78 is 10.4. The van der Waals surface area contributed by atoms with E-state index in [1.165, 1.54) is 36.4 Å². The Morgan fingerprint density at radius 3 is 2.56 bits per heavy atom. The summed E-state index contributed by atoms with van der Waals surface area (Å²) in [5, 5.41) is 19.5. The zero-order valence-electron chi connectivity index (χ0n) is 18.7. The van der Waals surface area contributed by atoms with Gasteiger partial charge < -0.3 is 25.4 Å². The van der Waals surface area contributed by atoms with Crippen molar-refractivity contribution in [2.24, 2.45) is 0 Å². The minimum absolute atomic E-state index is 0.00672. The molecule has 1 saturated heterocycles. The SMILES string of the molecule is CCOC(=O)c1ccc(NC(=O)c2cc([N+](=O)[O-])ccc2NC(=O)CNCC2CCCO2)cc1.